The molecule has 0 saturated heterocycles. The Balaban J connectivity index is 2.32. The Hall–Kier alpha value is -1.62. The van der Waals surface area contributed by atoms with E-state index in [4.69, 9.17) is 5.73 Å². The van der Waals surface area contributed by atoms with Crippen LogP contribution < -0.4 is 5.73 Å². The molecule has 78 valence electrons. The van der Waals surface area contributed by atoms with Crippen molar-refractivity contribution < 1.29 is 4.79 Å². The monoisotopic (exact) mass is 221 g/mol. The summed E-state index contributed by atoms with van der Waals surface area (Å²) in [6.45, 7) is 0.391. The number of carbonyl (C=O) groups is 1. The third-order valence-electron chi connectivity index (χ3n) is 2.25. The van der Waals surface area contributed by atoms with Crippen LogP contribution >= 0.6 is 12.8 Å². The van der Waals surface area contributed by atoms with Gasteiger partial charge in [0.15, 0.2) is 0 Å². The van der Waals surface area contributed by atoms with Crippen molar-refractivity contribution in [2.45, 2.75) is 6.54 Å². The second kappa shape index (κ2) is 3.86. The van der Waals surface area contributed by atoms with Crippen LogP contribution in [0.15, 0.2) is 30.5 Å². The molecule has 3 N–H and O–H groups in total. The predicted octanol–water partition coefficient (Wildman–Crippen LogP) is 1.89. The summed E-state index contributed by atoms with van der Waals surface area (Å²) in [6, 6.07) is 7.32. The maximum atomic E-state index is 10.8. The first-order valence-electron chi connectivity index (χ1n) is 4.49. The second-order valence-corrected chi connectivity index (χ2v) is 3.74. The number of nitrogens with one attached hydrogen (secondary N) is 1. The average molecular weight is 221 g/mol. The quantitative estimate of drug-likeness (QED) is 0.666. The first kappa shape index (κ1) is 9.92. The fraction of sp³-hybridized carbons (Fsp3) is 0.100. The van der Waals surface area contributed by atoms with Crippen molar-refractivity contribution in [2.24, 2.45) is 5.73 Å². The number of urea groups is 1. The van der Waals surface area contributed by atoms with E-state index in [-0.39, 0.29) is 0 Å². The lowest BCUT2D eigenvalue weighted by Crippen LogP contribution is -2.26. The maximum absolute atomic E-state index is 10.8. The van der Waals surface area contributed by atoms with E-state index in [1.54, 1.807) is 0 Å². The lowest BCUT2D eigenvalue weighted by atomic mass is 10.2. The number of rotatable bonds is 2. The number of para-hydroxylation sites is 1. The van der Waals surface area contributed by atoms with Gasteiger partial charge in [0.25, 0.3) is 0 Å². The number of nitrogens with zero attached hydrogens (tertiary/aromatic N) is 1. The standard InChI is InChI=1S/C10H11N3OS/c11-10(14)13(15)6-7-5-12-9-4-2-1-3-8(7)9/h1-5,12,15H,6H2,(H2,11,14). The number of hydrogen-bond acceptors (Lipinski definition) is 2. The van der Waals surface area contributed by atoms with Crippen LogP contribution in [0.4, 0.5) is 4.79 Å². The molecule has 0 aliphatic heterocycles. The third-order valence-corrected chi connectivity index (χ3v) is 2.59. The molecule has 2 aromatic rings. The molecule has 0 saturated carbocycles. The van der Waals surface area contributed by atoms with Crippen LogP contribution in [0, 0.1) is 0 Å². The highest BCUT2D eigenvalue weighted by atomic mass is 32.1. The summed E-state index contributed by atoms with van der Waals surface area (Å²) in [5.41, 5.74) is 7.14. The Labute approximate surface area is 92.6 Å². The van der Waals surface area contributed by atoms with E-state index in [0.29, 0.717) is 6.54 Å². The molecule has 5 heteroatoms. The minimum atomic E-state index is -0.552. The smallest absolute Gasteiger partial charge is 0.324 e. The molecule has 0 fully saturated rings. The van der Waals surface area contributed by atoms with Gasteiger partial charge in [0, 0.05) is 17.1 Å². The van der Waals surface area contributed by atoms with Gasteiger partial charge < -0.3 is 10.7 Å². The number of aromatic nitrogens is 1. The van der Waals surface area contributed by atoms with Crippen LogP contribution in [0.25, 0.3) is 10.9 Å². The number of amides is 2. The van der Waals surface area contributed by atoms with Crippen molar-refractivity contribution in [1.82, 2.24) is 9.29 Å². The zero-order valence-electron chi connectivity index (χ0n) is 7.97. The molecular weight excluding hydrogens is 210 g/mol. The number of benzene rings is 1. The van der Waals surface area contributed by atoms with Crippen molar-refractivity contribution in [3.05, 3.63) is 36.0 Å². The number of fused-ring (bicyclic) bond motifs is 1. The normalized spacial score (nSPS) is 10.5. The molecule has 0 aliphatic carbocycles. The molecule has 1 heterocycles. The highest BCUT2D eigenvalue weighted by Gasteiger charge is 2.08. The summed E-state index contributed by atoms with van der Waals surface area (Å²) < 4.78 is 1.18. The first-order chi connectivity index (χ1) is 7.18. The summed E-state index contributed by atoms with van der Waals surface area (Å²) in [5, 5.41) is 1.08. The lowest BCUT2D eigenvalue weighted by Gasteiger charge is -2.11. The molecular formula is C10H11N3OS. The Morgan fingerprint density at radius 3 is 2.93 bits per heavy atom. The van der Waals surface area contributed by atoms with E-state index in [0.717, 1.165) is 16.5 Å². The van der Waals surface area contributed by atoms with Crippen molar-refractivity contribution in [1.29, 1.82) is 0 Å². The Bertz CT molecular complexity index is 494. The lowest BCUT2D eigenvalue weighted by molar-refractivity contribution is 0.234. The molecule has 0 radical (unpaired) electrons. The number of primary amides is 1. The molecule has 4 nitrogen and oxygen atoms in total. The Morgan fingerprint density at radius 2 is 2.20 bits per heavy atom. The molecule has 0 unspecified atom stereocenters. The molecule has 1 aromatic heterocycles. The summed E-state index contributed by atoms with van der Waals surface area (Å²) in [6.07, 6.45) is 1.86. The van der Waals surface area contributed by atoms with Crippen LogP contribution in [0.2, 0.25) is 0 Å². The summed E-state index contributed by atoms with van der Waals surface area (Å²) in [4.78, 5) is 13.9. The second-order valence-electron chi connectivity index (χ2n) is 3.26. The van der Waals surface area contributed by atoms with Crippen molar-refractivity contribution in [3.63, 3.8) is 0 Å². The van der Waals surface area contributed by atoms with Gasteiger partial charge in [-0.05, 0) is 11.6 Å². The molecule has 0 bridgehead atoms. The van der Waals surface area contributed by atoms with Crippen LogP contribution in [-0.2, 0) is 6.54 Å². The largest absolute Gasteiger partial charge is 0.361 e. The van der Waals surface area contributed by atoms with Gasteiger partial charge >= 0.3 is 6.03 Å². The molecule has 2 rings (SSSR count). The van der Waals surface area contributed by atoms with E-state index >= 15 is 0 Å². The van der Waals surface area contributed by atoms with E-state index in [9.17, 15) is 4.79 Å². The average Bonchev–Trinajstić information content (AvgIpc) is 2.62. The number of thiol groups is 1. The topological polar surface area (TPSA) is 62.1 Å². The molecule has 0 spiro atoms. The van der Waals surface area contributed by atoms with Gasteiger partial charge in [0.1, 0.15) is 0 Å². The SMILES string of the molecule is NC(=O)N(S)Cc1c[nH]c2ccccc12. The maximum Gasteiger partial charge on any atom is 0.324 e. The summed E-state index contributed by atoms with van der Waals surface area (Å²) in [7, 11) is 0. The van der Waals surface area contributed by atoms with Gasteiger partial charge in [-0.15, -0.1) is 0 Å². The van der Waals surface area contributed by atoms with Crippen LogP contribution in [0.5, 0.6) is 0 Å². The number of nitrogens with two attached hydrogens (primary N) is 1. The van der Waals surface area contributed by atoms with Crippen LogP contribution in [0.1, 0.15) is 5.56 Å². The minimum Gasteiger partial charge on any atom is -0.361 e. The zero-order valence-corrected chi connectivity index (χ0v) is 8.87. The van der Waals surface area contributed by atoms with Crippen molar-refractivity contribution in [2.75, 3.05) is 0 Å². The highest BCUT2D eigenvalue weighted by molar-refractivity contribution is 7.78. The Kier molecular flexibility index (Phi) is 2.55. The number of aromatic amines is 1. The van der Waals surface area contributed by atoms with Gasteiger partial charge in [-0.2, -0.15) is 0 Å². The fourth-order valence-electron chi connectivity index (χ4n) is 1.50. The molecule has 0 aliphatic rings. The van der Waals surface area contributed by atoms with Gasteiger partial charge in [0.05, 0.1) is 6.54 Å². The van der Waals surface area contributed by atoms with Gasteiger partial charge in [-0.25, -0.2) is 4.79 Å². The van der Waals surface area contributed by atoms with E-state index in [1.165, 1.54) is 4.31 Å². The number of hydrogen-bond donors (Lipinski definition) is 3. The van der Waals surface area contributed by atoms with Crippen molar-refractivity contribution in [3.8, 4) is 0 Å². The van der Waals surface area contributed by atoms with Crippen LogP contribution in [0.3, 0.4) is 0 Å². The van der Waals surface area contributed by atoms with Gasteiger partial charge in [0.2, 0.25) is 0 Å². The minimum absolute atomic E-state index is 0.391. The molecule has 0 atom stereocenters. The molecule has 15 heavy (non-hydrogen) atoms. The fourth-order valence-corrected chi connectivity index (χ4v) is 1.65. The summed E-state index contributed by atoms with van der Waals surface area (Å²) in [5.74, 6) is 0. The van der Waals surface area contributed by atoms with E-state index in [1.807, 2.05) is 30.5 Å². The number of H-pyrrole nitrogens is 1. The highest BCUT2D eigenvalue weighted by Crippen LogP contribution is 2.19. The first-order valence-corrected chi connectivity index (χ1v) is 4.89. The van der Waals surface area contributed by atoms with Gasteiger partial charge in [-0.3, -0.25) is 4.31 Å². The van der Waals surface area contributed by atoms with E-state index < -0.39 is 6.03 Å². The molecule has 2 amide bonds. The van der Waals surface area contributed by atoms with Crippen LogP contribution in [-0.4, -0.2) is 15.3 Å². The predicted molar refractivity (Wildman–Crippen MR) is 62.4 cm³/mol. The van der Waals surface area contributed by atoms with Gasteiger partial charge in [-0.1, -0.05) is 31.0 Å². The summed E-state index contributed by atoms with van der Waals surface area (Å²) >= 11 is 3.98. The van der Waals surface area contributed by atoms with E-state index in [2.05, 4.69) is 17.8 Å². The third kappa shape index (κ3) is 1.92. The molecule has 1 aromatic carbocycles. The zero-order chi connectivity index (χ0) is 10.8. The van der Waals surface area contributed by atoms with Crippen molar-refractivity contribution >= 4 is 29.7 Å². The Morgan fingerprint density at radius 1 is 1.47 bits per heavy atom. The number of carbonyl (C=O) groups excluding carboxylic acids is 1.